The number of aliphatic hydroxyl groups excluding tert-OH is 1. The third kappa shape index (κ3) is 4.90. The van der Waals surface area contributed by atoms with Crippen LogP contribution in [0.5, 0.6) is 0 Å². The molecule has 3 unspecified atom stereocenters. The van der Waals surface area contributed by atoms with Crippen LogP contribution in [0.15, 0.2) is 55.6 Å². The molecule has 3 aliphatic heterocycles. The zero-order valence-corrected chi connectivity index (χ0v) is 24.4. The summed E-state index contributed by atoms with van der Waals surface area (Å²) in [5.74, 6) is -2.22. The van der Waals surface area contributed by atoms with Gasteiger partial charge in [0.05, 0.1) is 30.1 Å². The second-order valence-electron chi connectivity index (χ2n) is 11.9. The quantitative estimate of drug-likeness (QED) is 0.379. The van der Waals surface area contributed by atoms with E-state index in [9.17, 15) is 19.5 Å². The number of amides is 3. The van der Waals surface area contributed by atoms with Crippen molar-refractivity contribution >= 4 is 17.7 Å². The molecule has 218 valence electrons. The molecule has 8 nitrogen and oxygen atoms in total. The van der Waals surface area contributed by atoms with Crippen molar-refractivity contribution in [3.63, 3.8) is 0 Å². The lowest BCUT2D eigenvalue weighted by atomic mass is 9.66. The Bertz CT molecular complexity index is 1120. The predicted molar refractivity (Wildman–Crippen MR) is 154 cm³/mol. The number of hydrogen-bond acceptors (Lipinski definition) is 5. The molecule has 3 saturated heterocycles. The summed E-state index contributed by atoms with van der Waals surface area (Å²) in [5, 5.41) is 10.2. The average Bonchev–Trinajstić information content (AvgIpc) is 3.51. The number of aliphatic hydroxyl groups is 1. The summed E-state index contributed by atoms with van der Waals surface area (Å²) in [4.78, 5) is 48.1. The SMILES string of the molecule is C=CCN(Cc1ccccc1)C(=O)[C@@H]1[C@H]2C(=O)N([C@H](C)CO)C(C(=O)N(CC=C)C(C)CCC)C23CC[C@@]1(C)O3. The van der Waals surface area contributed by atoms with Crippen LogP contribution in [0.1, 0.15) is 58.9 Å². The molecule has 3 aliphatic rings. The van der Waals surface area contributed by atoms with Crippen LogP contribution >= 0.6 is 0 Å². The van der Waals surface area contributed by atoms with Crippen LogP contribution in [-0.4, -0.2) is 86.6 Å². The average molecular weight is 552 g/mol. The van der Waals surface area contributed by atoms with Crippen molar-refractivity contribution < 1.29 is 24.2 Å². The molecule has 3 fully saturated rings. The molecule has 7 atom stereocenters. The fourth-order valence-corrected chi connectivity index (χ4v) is 7.33. The van der Waals surface area contributed by atoms with Gasteiger partial charge in [-0.05, 0) is 45.6 Å². The van der Waals surface area contributed by atoms with Gasteiger partial charge >= 0.3 is 0 Å². The smallest absolute Gasteiger partial charge is 0.248 e. The highest BCUT2D eigenvalue weighted by atomic mass is 16.5. The van der Waals surface area contributed by atoms with E-state index in [1.165, 1.54) is 4.90 Å². The van der Waals surface area contributed by atoms with E-state index in [2.05, 4.69) is 20.1 Å². The fourth-order valence-electron chi connectivity index (χ4n) is 7.33. The standard InChI is InChI=1S/C32H45N3O5/c1-7-13-22(4)34(19-9-3)30(39)27-32-17-16-31(6,40-32)25(26(32)29(38)35(27)23(5)21-36)28(37)33(18-8-2)20-24-14-11-10-12-15-24/h8-12,14-15,22-23,25-27,36H,2-3,7,13,16-21H2,1,4-6H3/t22?,23-,25+,26+,27?,31-,32?/m1/s1. The van der Waals surface area contributed by atoms with Gasteiger partial charge in [-0.25, -0.2) is 0 Å². The van der Waals surface area contributed by atoms with Crippen molar-refractivity contribution in [1.29, 1.82) is 0 Å². The number of benzene rings is 1. The molecular formula is C32H45N3O5. The lowest BCUT2D eigenvalue weighted by Gasteiger charge is -2.40. The van der Waals surface area contributed by atoms with Crippen LogP contribution in [-0.2, 0) is 25.7 Å². The highest BCUT2D eigenvalue weighted by Gasteiger charge is 2.78. The lowest BCUT2D eigenvalue weighted by molar-refractivity contribution is -0.157. The summed E-state index contributed by atoms with van der Waals surface area (Å²) in [5.41, 5.74) is -1.03. The summed E-state index contributed by atoms with van der Waals surface area (Å²) in [6, 6.07) is 8.14. The Morgan fingerprint density at radius 2 is 1.82 bits per heavy atom. The molecular weight excluding hydrogens is 506 g/mol. The van der Waals surface area contributed by atoms with Gasteiger partial charge in [-0.3, -0.25) is 14.4 Å². The van der Waals surface area contributed by atoms with Gasteiger partial charge in [-0.15, -0.1) is 13.2 Å². The van der Waals surface area contributed by atoms with Crippen LogP contribution in [0.3, 0.4) is 0 Å². The van der Waals surface area contributed by atoms with Gasteiger partial charge in [0.1, 0.15) is 11.6 Å². The Balaban J connectivity index is 1.76. The minimum Gasteiger partial charge on any atom is -0.394 e. The normalized spacial score (nSPS) is 30.1. The first-order valence-corrected chi connectivity index (χ1v) is 14.6. The molecule has 40 heavy (non-hydrogen) atoms. The second-order valence-corrected chi connectivity index (χ2v) is 11.9. The predicted octanol–water partition coefficient (Wildman–Crippen LogP) is 3.55. The van der Waals surface area contributed by atoms with Crippen LogP contribution in [0.2, 0.25) is 0 Å². The van der Waals surface area contributed by atoms with E-state index >= 15 is 0 Å². The number of rotatable bonds is 13. The van der Waals surface area contributed by atoms with E-state index in [0.29, 0.717) is 32.5 Å². The molecule has 3 heterocycles. The summed E-state index contributed by atoms with van der Waals surface area (Å²) in [6.45, 7) is 16.2. The molecule has 0 aromatic heterocycles. The number of nitrogens with zero attached hydrogens (tertiary/aromatic N) is 3. The first kappa shape index (κ1) is 30.0. The number of fused-ring (bicyclic) bond motifs is 1. The maximum absolute atomic E-state index is 14.4. The van der Waals surface area contributed by atoms with E-state index in [4.69, 9.17) is 4.74 Å². The largest absolute Gasteiger partial charge is 0.394 e. The third-order valence-electron chi connectivity index (χ3n) is 9.18. The van der Waals surface area contributed by atoms with Gasteiger partial charge < -0.3 is 24.5 Å². The molecule has 2 bridgehead atoms. The molecule has 0 radical (unpaired) electrons. The molecule has 1 aromatic carbocycles. The molecule has 1 aromatic rings. The van der Waals surface area contributed by atoms with Gasteiger partial charge in [-0.1, -0.05) is 55.8 Å². The first-order valence-electron chi connectivity index (χ1n) is 14.6. The minimum absolute atomic E-state index is 0.0621. The summed E-state index contributed by atoms with van der Waals surface area (Å²) < 4.78 is 6.79. The van der Waals surface area contributed by atoms with Crippen molar-refractivity contribution in [2.75, 3.05) is 19.7 Å². The van der Waals surface area contributed by atoms with Gasteiger partial charge in [0.2, 0.25) is 17.7 Å². The van der Waals surface area contributed by atoms with Gasteiger partial charge in [0, 0.05) is 25.7 Å². The number of hydrogen-bond donors (Lipinski definition) is 1. The van der Waals surface area contributed by atoms with Crippen LogP contribution in [0.4, 0.5) is 0 Å². The van der Waals surface area contributed by atoms with Gasteiger partial charge in [0.25, 0.3) is 0 Å². The molecule has 1 spiro atoms. The highest BCUT2D eigenvalue weighted by Crippen LogP contribution is 2.64. The van der Waals surface area contributed by atoms with Gasteiger partial charge in [-0.2, -0.15) is 0 Å². The molecule has 4 rings (SSSR count). The minimum atomic E-state index is -1.13. The number of carbonyl (C=O) groups excluding carboxylic acids is 3. The maximum atomic E-state index is 14.4. The fraction of sp³-hybridized carbons (Fsp3) is 0.594. The van der Waals surface area contributed by atoms with E-state index < -0.39 is 35.1 Å². The van der Waals surface area contributed by atoms with E-state index in [0.717, 1.165) is 18.4 Å². The van der Waals surface area contributed by atoms with Crippen LogP contribution in [0.25, 0.3) is 0 Å². The van der Waals surface area contributed by atoms with E-state index in [1.54, 1.807) is 28.9 Å². The second kappa shape index (κ2) is 11.9. The molecule has 1 N–H and O–H groups in total. The van der Waals surface area contributed by atoms with Crippen molar-refractivity contribution in [3.05, 3.63) is 61.2 Å². The van der Waals surface area contributed by atoms with Crippen molar-refractivity contribution in [3.8, 4) is 0 Å². The maximum Gasteiger partial charge on any atom is 0.248 e. The molecule has 8 heteroatoms. The molecule has 0 saturated carbocycles. The van der Waals surface area contributed by atoms with E-state index in [1.807, 2.05) is 44.2 Å². The zero-order chi connectivity index (χ0) is 29.2. The van der Waals surface area contributed by atoms with Gasteiger partial charge in [0.15, 0.2) is 0 Å². The molecule has 3 amide bonds. The lowest BCUT2D eigenvalue weighted by Crippen LogP contribution is -2.59. The topological polar surface area (TPSA) is 90.4 Å². The Morgan fingerprint density at radius 1 is 1.15 bits per heavy atom. The Labute approximate surface area is 238 Å². The molecule has 0 aliphatic carbocycles. The third-order valence-corrected chi connectivity index (χ3v) is 9.18. The first-order chi connectivity index (χ1) is 19.1. The summed E-state index contributed by atoms with van der Waals surface area (Å²) in [6.07, 6.45) is 6.17. The Hall–Kier alpha value is -2.97. The van der Waals surface area contributed by atoms with Crippen LogP contribution in [0, 0.1) is 11.8 Å². The zero-order valence-electron chi connectivity index (χ0n) is 24.4. The Kier molecular flexibility index (Phi) is 8.90. The number of carbonyl (C=O) groups is 3. The highest BCUT2D eigenvalue weighted by molar-refractivity contribution is 5.99. The summed E-state index contributed by atoms with van der Waals surface area (Å²) >= 11 is 0. The number of ether oxygens (including phenoxy) is 1. The number of likely N-dealkylation sites (tertiary alicyclic amines) is 1. The van der Waals surface area contributed by atoms with Crippen molar-refractivity contribution in [1.82, 2.24) is 14.7 Å². The summed E-state index contributed by atoms with van der Waals surface area (Å²) in [7, 11) is 0. The van der Waals surface area contributed by atoms with Crippen molar-refractivity contribution in [2.24, 2.45) is 11.8 Å². The van der Waals surface area contributed by atoms with Crippen molar-refractivity contribution in [2.45, 2.75) is 89.3 Å². The monoisotopic (exact) mass is 551 g/mol. The van der Waals surface area contributed by atoms with E-state index in [-0.39, 0.29) is 30.4 Å². The van der Waals surface area contributed by atoms with Crippen LogP contribution < -0.4 is 0 Å². The Morgan fingerprint density at radius 3 is 2.42 bits per heavy atom.